The summed E-state index contributed by atoms with van der Waals surface area (Å²) in [6.45, 7) is 0. The molecule has 134 valence electrons. The molecule has 0 aliphatic carbocycles. The van der Waals surface area contributed by atoms with Crippen LogP contribution in [0.3, 0.4) is 0 Å². The molecule has 0 unspecified atom stereocenters. The van der Waals surface area contributed by atoms with E-state index < -0.39 is 0 Å². The molecule has 0 bridgehead atoms. The molecule has 5 nitrogen and oxygen atoms in total. The second-order valence-electron chi connectivity index (χ2n) is 5.39. The number of anilines is 1. The van der Waals surface area contributed by atoms with Crippen molar-refractivity contribution in [2.45, 2.75) is 4.90 Å². The lowest BCUT2D eigenvalue weighted by molar-refractivity contribution is -0.195. The van der Waals surface area contributed by atoms with Crippen molar-refractivity contribution < 1.29 is 14.1 Å². The van der Waals surface area contributed by atoms with Crippen LogP contribution < -0.4 is 11.2 Å². The Morgan fingerprint density at radius 2 is 1.48 bits per heavy atom. The molecule has 0 aliphatic rings. The highest BCUT2D eigenvalue weighted by Crippen LogP contribution is 2.27. The van der Waals surface area contributed by atoms with E-state index in [1.807, 2.05) is 54.6 Å². The van der Waals surface area contributed by atoms with Gasteiger partial charge in [0.2, 0.25) is 0 Å². The zero-order valence-corrected chi connectivity index (χ0v) is 15.0. The molecule has 0 radical (unpaired) electrons. The highest BCUT2D eigenvalue weighted by molar-refractivity contribution is 7.94. The van der Waals surface area contributed by atoms with Crippen molar-refractivity contribution in [1.82, 2.24) is 0 Å². The minimum Gasteiger partial charge on any atom is -0.321 e. The fourth-order valence-electron chi connectivity index (χ4n) is 2.26. The predicted octanol–water partition coefficient (Wildman–Crippen LogP) is 4.17. The smallest absolute Gasteiger partial charge is 0.255 e. The second kappa shape index (κ2) is 9.57. The average molecular weight is 376 g/mol. The van der Waals surface area contributed by atoms with Crippen molar-refractivity contribution in [2.24, 2.45) is 5.90 Å². The molecule has 0 aliphatic heterocycles. The van der Waals surface area contributed by atoms with Gasteiger partial charge in [-0.25, -0.2) is 0 Å². The highest BCUT2D eigenvalue weighted by Gasteiger charge is 2.10. The van der Waals surface area contributed by atoms with E-state index in [9.17, 15) is 4.79 Å². The highest BCUT2D eigenvalue weighted by atomic mass is 32.2. The van der Waals surface area contributed by atoms with Gasteiger partial charge in [0.1, 0.15) is 0 Å². The Kier molecular flexibility index (Phi) is 6.63. The number of benzene rings is 3. The molecule has 27 heavy (non-hydrogen) atoms. The Morgan fingerprint density at radius 3 is 2.19 bits per heavy atom. The van der Waals surface area contributed by atoms with Crippen LogP contribution in [0.4, 0.5) is 5.69 Å². The van der Waals surface area contributed by atoms with E-state index in [1.165, 1.54) is 0 Å². The van der Waals surface area contributed by atoms with Crippen molar-refractivity contribution in [2.75, 3.05) is 5.32 Å². The molecule has 3 N–H and O–H groups in total. The van der Waals surface area contributed by atoms with Gasteiger partial charge < -0.3 is 5.32 Å². The Balaban J connectivity index is 1.69. The van der Waals surface area contributed by atoms with Gasteiger partial charge in [-0.1, -0.05) is 42.2 Å². The van der Waals surface area contributed by atoms with Gasteiger partial charge in [-0.15, -0.1) is 9.32 Å². The van der Waals surface area contributed by atoms with Crippen LogP contribution in [0.2, 0.25) is 0 Å². The minimum atomic E-state index is -0.237. The number of hydrogen-bond acceptors (Lipinski definition) is 5. The van der Waals surface area contributed by atoms with Crippen molar-refractivity contribution in [1.29, 1.82) is 0 Å². The maximum absolute atomic E-state index is 12.5. The summed E-state index contributed by atoms with van der Waals surface area (Å²) in [7, 11) is 0. The first kappa shape index (κ1) is 18.7. The van der Waals surface area contributed by atoms with Crippen LogP contribution >= 0.6 is 12.0 Å². The van der Waals surface area contributed by atoms with Crippen LogP contribution in [-0.2, 0) is 9.32 Å². The monoisotopic (exact) mass is 376 g/mol. The fourth-order valence-corrected chi connectivity index (χ4v) is 2.72. The second-order valence-corrected chi connectivity index (χ2v) is 6.13. The third-order valence-electron chi connectivity index (χ3n) is 3.57. The first-order chi connectivity index (χ1) is 13.3. The van der Waals surface area contributed by atoms with E-state index in [-0.39, 0.29) is 5.91 Å². The standard InChI is InChI=1S/C21H16N2O3S/c22-25-26-27-20-9-5-4-8-19(20)23-21(24)18-14-12-17(13-15-18)11-10-16-6-2-1-3-7-16/h1-9,12-15H,22H2,(H,23,24). The van der Waals surface area contributed by atoms with Crippen molar-refractivity contribution in [3.63, 3.8) is 0 Å². The SMILES string of the molecule is NOOSc1ccccc1NC(=O)c1ccc(C#Cc2ccccc2)cc1. The maximum atomic E-state index is 12.5. The van der Waals surface area contributed by atoms with E-state index in [2.05, 4.69) is 26.5 Å². The number of hydrogen-bond donors (Lipinski definition) is 2. The number of nitrogens with two attached hydrogens (primary N) is 1. The summed E-state index contributed by atoms with van der Waals surface area (Å²) in [5.41, 5.74) is 2.89. The number of carbonyl (C=O) groups excluding carboxylic acids is 1. The molecule has 3 aromatic rings. The summed E-state index contributed by atoms with van der Waals surface area (Å²) in [5.74, 6) is 10.8. The summed E-state index contributed by atoms with van der Waals surface area (Å²) in [4.78, 5) is 17.2. The molecular formula is C21H16N2O3S. The number of amides is 1. The minimum absolute atomic E-state index is 0.237. The van der Waals surface area contributed by atoms with E-state index in [0.717, 1.165) is 23.2 Å². The van der Waals surface area contributed by atoms with Crippen LogP contribution in [-0.4, -0.2) is 5.91 Å². The molecule has 3 aromatic carbocycles. The topological polar surface area (TPSA) is 73.6 Å². The number of para-hydroxylation sites is 1. The largest absolute Gasteiger partial charge is 0.321 e. The molecule has 0 saturated carbocycles. The Hall–Kier alpha value is -3.08. The third kappa shape index (κ3) is 5.45. The fraction of sp³-hybridized carbons (Fsp3) is 0. The lowest BCUT2D eigenvalue weighted by atomic mass is 10.1. The quantitative estimate of drug-likeness (QED) is 0.303. The molecule has 0 heterocycles. The Bertz CT molecular complexity index is 964. The van der Waals surface area contributed by atoms with Crippen LogP contribution in [0.25, 0.3) is 0 Å². The van der Waals surface area contributed by atoms with Gasteiger partial charge in [0, 0.05) is 16.7 Å². The van der Waals surface area contributed by atoms with Crippen LogP contribution in [0.1, 0.15) is 21.5 Å². The van der Waals surface area contributed by atoms with Crippen molar-refractivity contribution in [3.05, 3.63) is 95.6 Å². The average Bonchev–Trinajstić information content (AvgIpc) is 2.73. The molecular weight excluding hydrogens is 360 g/mol. The normalized spacial score (nSPS) is 9.96. The Morgan fingerprint density at radius 1 is 0.852 bits per heavy atom. The van der Waals surface area contributed by atoms with Gasteiger partial charge >= 0.3 is 0 Å². The maximum Gasteiger partial charge on any atom is 0.255 e. The molecule has 0 saturated heterocycles. The van der Waals surface area contributed by atoms with Crippen LogP contribution in [0.15, 0.2) is 83.8 Å². The van der Waals surface area contributed by atoms with Crippen LogP contribution in [0.5, 0.6) is 0 Å². The van der Waals surface area contributed by atoms with Gasteiger partial charge in [-0.3, -0.25) is 4.79 Å². The van der Waals surface area contributed by atoms with E-state index in [0.29, 0.717) is 16.1 Å². The lowest BCUT2D eigenvalue weighted by Gasteiger charge is -2.09. The molecule has 0 fully saturated rings. The van der Waals surface area contributed by atoms with E-state index in [4.69, 9.17) is 5.90 Å². The number of rotatable bonds is 5. The molecule has 3 rings (SSSR count). The number of nitrogens with one attached hydrogen (secondary N) is 1. The van der Waals surface area contributed by atoms with Gasteiger partial charge in [0.05, 0.1) is 22.6 Å². The van der Waals surface area contributed by atoms with Crippen LogP contribution in [0, 0.1) is 11.8 Å². The summed E-state index contributed by atoms with van der Waals surface area (Å²) in [5, 5.41) is 2.84. The molecule has 0 atom stereocenters. The zero-order chi connectivity index (χ0) is 18.9. The van der Waals surface area contributed by atoms with Crippen molar-refractivity contribution >= 4 is 23.6 Å². The van der Waals surface area contributed by atoms with Crippen molar-refractivity contribution in [3.8, 4) is 11.8 Å². The summed E-state index contributed by atoms with van der Waals surface area (Å²) in [6.07, 6.45) is 0. The Labute approximate surface area is 161 Å². The van der Waals surface area contributed by atoms with Gasteiger partial charge in [-0.2, -0.15) is 5.90 Å². The first-order valence-electron chi connectivity index (χ1n) is 8.04. The molecule has 1 amide bonds. The molecule has 0 aromatic heterocycles. The summed E-state index contributed by atoms with van der Waals surface area (Å²) >= 11 is 0.911. The lowest BCUT2D eigenvalue weighted by Crippen LogP contribution is -2.12. The number of carbonyl (C=O) groups is 1. The van der Waals surface area contributed by atoms with Gasteiger partial charge in [0.25, 0.3) is 5.91 Å². The predicted molar refractivity (Wildman–Crippen MR) is 105 cm³/mol. The summed E-state index contributed by atoms with van der Waals surface area (Å²) in [6, 6.07) is 24.0. The van der Waals surface area contributed by atoms with Gasteiger partial charge in [-0.05, 0) is 48.5 Å². The first-order valence-corrected chi connectivity index (χ1v) is 8.78. The van der Waals surface area contributed by atoms with E-state index >= 15 is 0 Å². The third-order valence-corrected chi connectivity index (χ3v) is 4.25. The zero-order valence-electron chi connectivity index (χ0n) is 14.2. The summed E-state index contributed by atoms with van der Waals surface area (Å²) < 4.78 is 4.65. The molecule has 0 spiro atoms. The molecule has 6 heteroatoms. The van der Waals surface area contributed by atoms with E-state index in [1.54, 1.807) is 24.3 Å². The van der Waals surface area contributed by atoms with Gasteiger partial charge in [0.15, 0.2) is 0 Å².